The van der Waals surface area contributed by atoms with E-state index in [1.807, 2.05) is 25.1 Å². The summed E-state index contributed by atoms with van der Waals surface area (Å²) >= 11 is 3.37. The molecule has 2 aromatic rings. The van der Waals surface area contributed by atoms with Crippen LogP contribution in [0.1, 0.15) is 29.8 Å². The highest BCUT2D eigenvalue weighted by Gasteiger charge is 2.15. The van der Waals surface area contributed by atoms with Gasteiger partial charge in [0.05, 0.1) is 11.7 Å². The number of nitrogens with zero attached hydrogens (tertiary/aromatic N) is 1. The van der Waals surface area contributed by atoms with E-state index in [9.17, 15) is 4.39 Å². The molecule has 1 N–H and O–H groups in total. The average Bonchev–Trinajstić information content (AvgIpc) is 2.41. The predicted molar refractivity (Wildman–Crippen MR) is 78.6 cm³/mol. The van der Waals surface area contributed by atoms with Gasteiger partial charge in [0.15, 0.2) is 0 Å². The molecule has 0 saturated carbocycles. The van der Waals surface area contributed by atoms with Gasteiger partial charge in [0.2, 0.25) is 0 Å². The normalized spacial score (nSPS) is 12.4. The van der Waals surface area contributed by atoms with Crippen LogP contribution in [0.25, 0.3) is 0 Å². The van der Waals surface area contributed by atoms with Gasteiger partial charge in [-0.05, 0) is 58.7 Å². The van der Waals surface area contributed by atoms with E-state index in [0.29, 0.717) is 5.56 Å². The summed E-state index contributed by atoms with van der Waals surface area (Å²) in [6, 6.07) is 9.11. The van der Waals surface area contributed by atoms with E-state index in [-0.39, 0.29) is 11.9 Å². The van der Waals surface area contributed by atoms with Crippen LogP contribution in [0.15, 0.2) is 41.0 Å². The Morgan fingerprint density at radius 3 is 2.68 bits per heavy atom. The van der Waals surface area contributed by atoms with E-state index in [0.717, 1.165) is 22.3 Å². The van der Waals surface area contributed by atoms with Gasteiger partial charge in [-0.2, -0.15) is 0 Å². The summed E-state index contributed by atoms with van der Waals surface area (Å²) in [6.07, 6.45) is 1.75. The summed E-state index contributed by atoms with van der Waals surface area (Å²) in [4.78, 5) is 4.39. The van der Waals surface area contributed by atoms with E-state index in [4.69, 9.17) is 0 Å². The van der Waals surface area contributed by atoms with Gasteiger partial charge in [-0.1, -0.05) is 19.1 Å². The lowest BCUT2D eigenvalue weighted by molar-refractivity contribution is 0.590. The molecule has 0 aliphatic heterocycles. The van der Waals surface area contributed by atoms with Gasteiger partial charge in [0, 0.05) is 10.7 Å². The molecule has 0 amide bonds. The standard InChI is InChI=1S/C15H16BrFN2/c1-3-18-15(14-7-6-12(16)9-19-14)11-5-4-10(2)13(17)8-11/h4-9,15,18H,3H2,1-2H3. The molecule has 0 aliphatic rings. The van der Waals surface area contributed by atoms with Crippen molar-refractivity contribution in [3.63, 3.8) is 0 Å². The third-order valence-electron chi connectivity index (χ3n) is 2.98. The van der Waals surface area contributed by atoms with E-state index in [1.54, 1.807) is 25.3 Å². The molecular weight excluding hydrogens is 307 g/mol. The second-order valence-electron chi connectivity index (χ2n) is 4.40. The molecule has 2 nitrogen and oxygen atoms in total. The first kappa shape index (κ1) is 14.2. The quantitative estimate of drug-likeness (QED) is 0.920. The van der Waals surface area contributed by atoms with Crippen LogP contribution < -0.4 is 5.32 Å². The van der Waals surface area contributed by atoms with Crippen LogP contribution in [-0.4, -0.2) is 11.5 Å². The van der Waals surface area contributed by atoms with Crippen molar-refractivity contribution in [1.82, 2.24) is 10.3 Å². The Morgan fingerprint density at radius 2 is 2.11 bits per heavy atom. The number of benzene rings is 1. The molecule has 1 unspecified atom stereocenters. The molecule has 0 spiro atoms. The Hall–Kier alpha value is -1.26. The van der Waals surface area contributed by atoms with E-state index in [1.165, 1.54) is 0 Å². The summed E-state index contributed by atoms with van der Waals surface area (Å²) in [7, 11) is 0. The molecule has 1 atom stereocenters. The summed E-state index contributed by atoms with van der Waals surface area (Å²) in [6.45, 7) is 4.58. The van der Waals surface area contributed by atoms with Crippen LogP contribution in [0.2, 0.25) is 0 Å². The van der Waals surface area contributed by atoms with Crippen LogP contribution in [0.5, 0.6) is 0 Å². The van der Waals surface area contributed by atoms with Crippen LogP contribution in [0.3, 0.4) is 0 Å². The fourth-order valence-electron chi connectivity index (χ4n) is 1.94. The molecule has 100 valence electrons. The van der Waals surface area contributed by atoms with Crippen molar-refractivity contribution in [2.24, 2.45) is 0 Å². The molecule has 0 saturated heterocycles. The highest BCUT2D eigenvalue weighted by Crippen LogP contribution is 2.23. The zero-order chi connectivity index (χ0) is 13.8. The lowest BCUT2D eigenvalue weighted by Gasteiger charge is -2.18. The third kappa shape index (κ3) is 3.39. The first-order valence-electron chi connectivity index (χ1n) is 6.22. The molecular formula is C15H16BrFN2. The van der Waals surface area contributed by atoms with E-state index >= 15 is 0 Å². The number of aryl methyl sites for hydroxylation is 1. The Labute approximate surface area is 121 Å². The number of hydrogen-bond donors (Lipinski definition) is 1. The first-order chi connectivity index (χ1) is 9.11. The molecule has 0 bridgehead atoms. The van der Waals surface area contributed by atoms with Gasteiger partial charge in [0.25, 0.3) is 0 Å². The molecule has 1 heterocycles. The molecule has 0 radical (unpaired) electrons. The first-order valence-corrected chi connectivity index (χ1v) is 7.02. The van der Waals surface area contributed by atoms with Crippen molar-refractivity contribution in [2.45, 2.75) is 19.9 Å². The predicted octanol–water partition coefficient (Wildman–Crippen LogP) is 3.99. The summed E-state index contributed by atoms with van der Waals surface area (Å²) < 4.78 is 14.6. The molecule has 0 fully saturated rings. The maximum absolute atomic E-state index is 13.7. The Bertz CT molecular complexity index is 555. The second-order valence-corrected chi connectivity index (χ2v) is 5.32. The largest absolute Gasteiger partial charge is 0.305 e. The van der Waals surface area contributed by atoms with Gasteiger partial charge >= 0.3 is 0 Å². The summed E-state index contributed by atoms with van der Waals surface area (Å²) in [5.41, 5.74) is 2.43. The number of hydrogen-bond acceptors (Lipinski definition) is 2. The van der Waals surface area contributed by atoms with E-state index in [2.05, 4.69) is 26.2 Å². The molecule has 1 aromatic carbocycles. The minimum absolute atomic E-state index is 0.0896. The van der Waals surface area contributed by atoms with Crippen molar-refractivity contribution in [2.75, 3.05) is 6.54 Å². The highest BCUT2D eigenvalue weighted by atomic mass is 79.9. The fourth-order valence-corrected chi connectivity index (χ4v) is 2.18. The molecule has 1 aromatic heterocycles. The van der Waals surface area contributed by atoms with Gasteiger partial charge in [-0.25, -0.2) is 4.39 Å². The van der Waals surface area contributed by atoms with Gasteiger partial charge in [0.1, 0.15) is 5.82 Å². The van der Waals surface area contributed by atoms with Crippen LogP contribution in [0, 0.1) is 12.7 Å². The van der Waals surface area contributed by atoms with Crippen molar-refractivity contribution in [3.8, 4) is 0 Å². The molecule has 0 aliphatic carbocycles. The van der Waals surface area contributed by atoms with Gasteiger partial charge in [-0.3, -0.25) is 4.98 Å². The monoisotopic (exact) mass is 322 g/mol. The van der Waals surface area contributed by atoms with Crippen molar-refractivity contribution >= 4 is 15.9 Å². The number of nitrogens with one attached hydrogen (secondary N) is 1. The second kappa shape index (κ2) is 6.26. The number of halogens is 2. The lowest BCUT2D eigenvalue weighted by Crippen LogP contribution is -2.23. The van der Waals surface area contributed by atoms with Crippen LogP contribution in [-0.2, 0) is 0 Å². The SMILES string of the molecule is CCNC(c1ccc(C)c(F)c1)c1ccc(Br)cn1. The van der Waals surface area contributed by atoms with E-state index < -0.39 is 0 Å². The smallest absolute Gasteiger partial charge is 0.126 e. The zero-order valence-electron chi connectivity index (χ0n) is 11.0. The lowest BCUT2D eigenvalue weighted by atomic mass is 10.0. The van der Waals surface area contributed by atoms with Crippen LogP contribution >= 0.6 is 15.9 Å². The van der Waals surface area contributed by atoms with Crippen molar-refractivity contribution in [3.05, 3.63) is 63.6 Å². The van der Waals surface area contributed by atoms with Crippen LogP contribution in [0.4, 0.5) is 4.39 Å². The minimum Gasteiger partial charge on any atom is -0.305 e. The third-order valence-corrected chi connectivity index (χ3v) is 3.45. The van der Waals surface area contributed by atoms with Crippen molar-refractivity contribution < 1.29 is 4.39 Å². The molecule has 2 rings (SSSR count). The summed E-state index contributed by atoms with van der Waals surface area (Å²) in [5.74, 6) is -0.183. The zero-order valence-corrected chi connectivity index (χ0v) is 12.5. The minimum atomic E-state index is -0.183. The maximum atomic E-state index is 13.7. The van der Waals surface area contributed by atoms with Gasteiger partial charge in [-0.15, -0.1) is 0 Å². The fraction of sp³-hybridized carbons (Fsp3) is 0.267. The molecule has 19 heavy (non-hydrogen) atoms. The Morgan fingerprint density at radius 1 is 1.32 bits per heavy atom. The van der Waals surface area contributed by atoms with Crippen molar-refractivity contribution in [1.29, 1.82) is 0 Å². The number of aromatic nitrogens is 1. The number of pyridine rings is 1. The Kier molecular flexibility index (Phi) is 4.66. The maximum Gasteiger partial charge on any atom is 0.126 e. The summed E-state index contributed by atoms with van der Waals surface area (Å²) in [5, 5.41) is 3.34. The average molecular weight is 323 g/mol. The molecule has 4 heteroatoms. The topological polar surface area (TPSA) is 24.9 Å². The Balaban J connectivity index is 2.38. The van der Waals surface area contributed by atoms with Gasteiger partial charge < -0.3 is 5.32 Å². The number of rotatable bonds is 4. The highest BCUT2D eigenvalue weighted by molar-refractivity contribution is 9.10.